The second-order valence-corrected chi connectivity index (χ2v) is 8.95. The number of anilines is 1. The SMILES string of the molecule is O=C1Nc2ccccc2CCC1N1CCCC(c2n[nH]c(C3CCCCC3)n2)C1. The third-order valence-corrected chi connectivity index (χ3v) is 7.04. The fourth-order valence-corrected chi connectivity index (χ4v) is 5.38. The summed E-state index contributed by atoms with van der Waals surface area (Å²) >= 11 is 0. The maximum atomic E-state index is 12.9. The summed E-state index contributed by atoms with van der Waals surface area (Å²) in [6.45, 7) is 1.85. The first-order chi connectivity index (χ1) is 14.3. The number of aromatic nitrogens is 3. The number of aryl methyl sites for hydroxylation is 1. The van der Waals surface area contributed by atoms with Gasteiger partial charge in [-0.05, 0) is 56.7 Å². The van der Waals surface area contributed by atoms with Gasteiger partial charge in [-0.1, -0.05) is 37.5 Å². The maximum Gasteiger partial charge on any atom is 0.241 e. The van der Waals surface area contributed by atoms with Crippen LogP contribution in [0.4, 0.5) is 5.69 Å². The number of para-hydroxylation sites is 1. The Morgan fingerprint density at radius 1 is 0.966 bits per heavy atom. The molecule has 6 nitrogen and oxygen atoms in total. The van der Waals surface area contributed by atoms with Crippen molar-refractivity contribution in [2.45, 2.75) is 75.7 Å². The van der Waals surface area contributed by atoms with Crippen LogP contribution >= 0.6 is 0 Å². The summed E-state index contributed by atoms with van der Waals surface area (Å²) < 4.78 is 0. The van der Waals surface area contributed by atoms with Gasteiger partial charge in [0.2, 0.25) is 5.91 Å². The number of fused-ring (bicyclic) bond motifs is 1. The highest BCUT2D eigenvalue weighted by Crippen LogP contribution is 2.33. The molecule has 1 aliphatic carbocycles. The molecule has 0 spiro atoms. The Bertz CT molecular complexity index is 856. The number of H-pyrrole nitrogens is 1. The monoisotopic (exact) mass is 393 g/mol. The molecule has 29 heavy (non-hydrogen) atoms. The van der Waals surface area contributed by atoms with E-state index >= 15 is 0 Å². The predicted molar refractivity (Wildman–Crippen MR) is 113 cm³/mol. The van der Waals surface area contributed by atoms with Gasteiger partial charge in [0, 0.05) is 24.1 Å². The van der Waals surface area contributed by atoms with Crippen LogP contribution in [0.25, 0.3) is 0 Å². The quantitative estimate of drug-likeness (QED) is 0.827. The number of piperidine rings is 1. The van der Waals surface area contributed by atoms with Crippen LogP contribution in [0.15, 0.2) is 24.3 Å². The first kappa shape index (κ1) is 18.8. The van der Waals surface area contributed by atoms with Crippen molar-refractivity contribution in [3.05, 3.63) is 41.5 Å². The molecular formula is C23H31N5O. The number of amides is 1. The molecule has 0 radical (unpaired) electrons. The van der Waals surface area contributed by atoms with Gasteiger partial charge in [0.1, 0.15) is 5.82 Å². The molecule has 2 unspecified atom stereocenters. The van der Waals surface area contributed by atoms with Crippen LogP contribution in [0, 0.1) is 0 Å². The van der Waals surface area contributed by atoms with E-state index in [4.69, 9.17) is 4.98 Å². The Kier molecular flexibility index (Phi) is 5.36. The van der Waals surface area contributed by atoms with Gasteiger partial charge < -0.3 is 5.32 Å². The van der Waals surface area contributed by atoms with Crippen LogP contribution in [0.2, 0.25) is 0 Å². The van der Waals surface area contributed by atoms with Crippen LogP contribution in [-0.2, 0) is 11.2 Å². The predicted octanol–water partition coefficient (Wildman–Crippen LogP) is 3.99. The molecule has 2 fully saturated rings. The van der Waals surface area contributed by atoms with Gasteiger partial charge in [0.25, 0.3) is 0 Å². The van der Waals surface area contributed by atoms with Crippen molar-refractivity contribution in [2.24, 2.45) is 0 Å². The zero-order valence-electron chi connectivity index (χ0n) is 17.1. The standard InChI is InChI=1S/C23H31N5O/c29-23-20(13-12-16-7-4-5-11-19(16)24-23)28-14-6-10-18(15-28)22-25-21(26-27-22)17-8-2-1-3-9-17/h4-5,7,11,17-18,20H,1-3,6,8-10,12-15H2,(H,24,29)(H,25,26,27). The Balaban J connectivity index is 1.27. The Morgan fingerprint density at radius 3 is 2.69 bits per heavy atom. The summed E-state index contributed by atoms with van der Waals surface area (Å²) in [7, 11) is 0. The molecule has 1 saturated heterocycles. The van der Waals surface area contributed by atoms with Crippen LogP contribution in [0.5, 0.6) is 0 Å². The van der Waals surface area contributed by atoms with Gasteiger partial charge in [-0.25, -0.2) is 4.98 Å². The zero-order valence-corrected chi connectivity index (χ0v) is 17.1. The van der Waals surface area contributed by atoms with E-state index in [-0.39, 0.29) is 11.9 Å². The van der Waals surface area contributed by atoms with E-state index in [2.05, 4.69) is 32.5 Å². The lowest BCUT2D eigenvalue weighted by Crippen LogP contribution is -2.48. The number of hydrogen-bond donors (Lipinski definition) is 2. The zero-order chi connectivity index (χ0) is 19.6. The molecule has 2 N–H and O–H groups in total. The second-order valence-electron chi connectivity index (χ2n) is 8.95. The highest BCUT2D eigenvalue weighted by atomic mass is 16.2. The molecular weight excluding hydrogens is 362 g/mol. The summed E-state index contributed by atoms with van der Waals surface area (Å²) in [5.74, 6) is 3.03. The Hall–Kier alpha value is -2.21. The normalized spacial score (nSPS) is 26.6. The summed E-state index contributed by atoms with van der Waals surface area (Å²) in [5, 5.41) is 11.0. The fourth-order valence-electron chi connectivity index (χ4n) is 5.38. The van der Waals surface area contributed by atoms with Crippen LogP contribution < -0.4 is 5.32 Å². The molecule has 1 saturated carbocycles. The summed E-state index contributed by atoms with van der Waals surface area (Å²) in [6, 6.07) is 8.10. The largest absolute Gasteiger partial charge is 0.324 e. The van der Waals surface area contributed by atoms with Crippen molar-refractivity contribution in [3.63, 3.8) is 0 Å². The third kappa shape index (κ3) is 3.95. The lowest BCUT2D eigenvalue weighted by atomic mass is 9.89. The maximum absolute atomic E-state index is 12.9. The second kappa shape index (κ2) is 8.27. The van der Waals surface area contributed by atoms with E-state index < -0.39 is 0 Å². The number of rotatable bonds is 3. The third-order valence-electron chi connectivity index (χ3n) is 7.04. The van der Waals surface area contributed by atoms with Gasteiger partial charge in [0.15, 0.2) is 5.82 Å². The molecule has 6 heteroatoms. The molecule has 1 aromatic carbocycles. The van der Waals surface area contributed by atoms with Crippen LogP contribution in [0.1, 0.15) is 80.4 Å². The Labute approximate surface area is 172 Å². The molecule has 2 atom stereocenters. The molecule has 2 aliphatic heterocycles. The molecule has 1 amide bonds. The number of carbonyl (C=O) groups is 1. The summed E-state index contributed by atoms with van der Waals surface area (Å²) in [5.41, 5.74) is 2.21. The highest BCUT2D eigenvalue weighted by Gasteiger charge is 2.34. The number of aromatic amines is 1. The smallest absolute Gasteiger partial charge is 0.241 e. The molecule has 154 valence electrons. The van der Waals surface area contributed by atoms with Crippen molar-refractivity contribution < 1.29 is 4.79 Å². The van der Waals surface area contributed by atoms with Crippen LogP contribution in [-0.4, -0.2) is 45.1 Å². The summed E-state index contributed by atoms with van der Waals surface area (Å²) in [6.07, 6.45) is 10.4. The lowest BCUT2D eigenvalue weighted by molar-refractivity contribution is -0.121. The van der Waals surface area contributed by atoms with Gasteiger partial charge in [0.05, 0.1) is 6.04 Å². The molecule has 1 aromatic heterocycles. The average Bonchev–Trinajstić information content (AvgIpc) is 3.20. The molecule has 3 aliphatic rings. The molecule has 3 heterocycles. The highest BCUT2D eigenvalue weighted by molar-refractivity contribution is 5.96. The number of benzene rings is 1. The van der Waals surface area contributed by atoms with Crippen molar-refractivity contribution in [3.8, 4) is 0 Å². The molecule has 5 rings (SSSR count). The van der Waals surface area contributed by atoms with Gasteiger partial charge >= 0.3 is 0 Å². The number of nitrogens with one attached hydrogen (secondary N) is 2. The van der Waals surface area contributed by atoms with E-state index in [0.717, 1.165) is 56.1 Å². The lowest BCUT2D eigenvalue weighted by Gasteiger charge is -2.36. The minimum absolute atomic E-state index is 0.0676. The van der Waals surface area contributed by atoms with E-state index in [1.807, 2.05) is 12.1 Å². The number of likely N-dealkylation sites (tertiary alicyclic amines) is 1. The van der Waals surface area contributed by atoms with E-state index in [9.17, 15) is 4.79 Å². The van der Waals surface area contributed by atoms with Crippen LogP contribution in [0.3, 0.4) is 0 Å². The number of carbonyl (C=O) groups excluding carboxylic acids is 1. The van der Waals surface area contributed by atoms with Gasteiger partial charge in [-0.2, -0.15) is 5.10 Å². The number of nitrogens with zero attached hydrogens (tertiary/aromatic N) is 3. The van der Waals surface area contributed by atoms with Crippen molar-refractivity contribution >= 4 is 11.6 Å². The van der Waals surface area contributed by atoms with E-state index in [1.165, 1.54) is 37.7 Å². The molecule has 2 aromatic rings. The minimum Gasteiger partial charge on any atom is -0.324 e. The minimum atomic E-state index is -0.0676. The molecule has 0 bridgehead atoms. The van der Waals surface area contributed by atoms with Gasteiger partial charge in [-0.15, -0.1) is 0 Å². The average molecular weight is 394 g/mol. The van der Waals surface area contributed by atoms with E-state index in [1.54, 1.807) is 0 Å². The van der Waals surface area contributed by atoms with Crippen molar-refractivity contribution in [1.82, 2.24) is 20.1 Å². The van der Waals surface area contributed by atoms with Gasteiger partial charge in [-0.3, -0.25) is 14.8 Å². The van der Waals surface area contributed by atoms with E-state index in [0.29, 0.717) is 11.8 Å². The topological polar surface area (TPSA) is 73.9 Å². The summed E-state index contributed by atoms with van der Waals surface area (Å²) in [4.78, 5) is 20.2. The Morgan fingerprint density at radius 2 is 1.79 bits per heavy atom. The number of hydrogen-bond acceptors (Lipinski definition) is 4. The van der Waals surface area contributed by atoms with Crippen molar-refractivity contribution in [1.29, 1.82) is 0 Å². The fraction of sp³-hybridized carbons (Fsp3) is 0.609. The van der Waals surface area contributed by atoms with Crippen molar-refractivity contribution in [2.75, 3.05) is 18.4 Å². The first-order valence-corrected chi connectivity index (χ1v) is 11.3. The first-order valence-electron chi connectivity index (χ1n) is 11.3.